The SMILES string of the molecule is CN1CCN=C1NCC1CCCCC1C(F)(F)F.I. The molecule has 1 aliphatic carbocycles. The van der Waals surface area contributed by atoms with E-state index in [0.29, 0.717) is 19.4 Å². The molecular formula is C12H21F3IN3. The first kappa shape index (κ1) is 16.8. The zero-order valence-corrected chi connectivity index (χ0v) is 13.4. The second kappa shape index (κ2) is 6.99. The molecule has 1 heterocycles. The highest BCUT2D eigenvalue weighted by Gasteiger charge is 2.45. The maximum absolute atomic E-state index is 12.9. The van der Waals surface area contributed by atoms with E-state index in [1.54, 1.807) is 0 Å². The van der Waals surface area contributed by atoms with Crippen molar-refractivity contribution < 1.29 is 13.2 Å². The van der Waals surface area contributed by atoms with Crippen molar-refractivity contribution in [2.75, 3.05) is 26.7 Å². The molecule has 1 fully saturated rings. The highest BCUT2D eigenvalue weighted by atomic mass is 127. The van der Waals surface area contributed by atoms with Crippen LogP contribution in [0.3, 0.4) is 0 Å². The number of nitrogens with zero attached hydrogens (tertiary/aromatic N) is 2. The summed E-state index contributed by atoms with van der Waals surface area (Å²) in [6, 6.07) is 0. The Kier molecular flexibility index (Phi) is 6.19. The summed E-state index contributed by atoms with van der Waals surface area (Å²) in [6.45, 7) is 1.95. The zero-order valence-electron chi connectivity index (χ0n) is 11.0. The molecule has 19 heavy (non-hydrogen) atoms. The van der Waals surface area contributed by atoms with E-state index < -0.39 is 12.1 Å². The van der Waals surface area contributed by atoms with E-state index in [0.717, 1.165) is 25.5 Å². The summed E-state index contributed by atoms with van der Waals surface area (Å²) >= 11 is 0. The molecule has 7 heteroatoms. The minimum atomic E-state index is -4.06. The molecule has 2 unspecified atom stereocenters. The number of alkyl halides is 3. The predicted molar refractivity (Wildman–Crippen MR) is 79.9 cm³/mol. The highest BCUT2D eigenvalue weighted by Crippen LogP contribution is 2.41. The highest BCUT2D eigenvalue weighted by molar-refractivity contribution is 14.0. The summed E-state index contributed by atoms with van der Waals surface area (Å²) in [5, 5.41) is 3.08. The molecule has 0 saturated heterocycles. The Labute approximate surface area is 129 Å². The van der Waals surface area contributed by atoms with Crippen LogP contribution in [0.4, 0.5) is 13.2 Å². The average Bonchev–Trinajstić information content (AvgIpc) is 2.71. The van der Waals surface area contributed by atoms with Gasteiger partial charge in [-0.3, -0.25) is 4.99 Å². The Balaban J connectivity index is 0.00000180. The van der Waals surface area contributed by atoms with E-state index in [9.17, 15) is 13.2 Å². The van der Waals surface area contributed by atoms with Gasteiger partial charge in [0.15, 0.2) is 5.96 Å². The molecule has 1 N–H and O–H groups in total. The number of likely N-dealkylation sites (N-methyl/N-ethyl adjacent to an activating group) is 1. The third kappa shape index (κ3) is 4.39. The third-order valence-electron chi connectivity index (χ3n) is 3.91. The monoisotopic (exact) mass is 391 g/mol. The number of rotatable bonds is 2. The Morgan fingerprint density at radius 2 is 2.00 bits per heavy atom. The normalized spacial score (nSPS) is 27.8. The van der Waals surface area contributed by atoms with E-state index in [-0.39, 0.29) is 36.3 Å². The van der Waals surface area contributed by atoms with Gasteiger partial charge < -0.3 is 10.2 Å². The standard InChI is InChI=1S/C12H20F3N3.HI/c1-18-7-6-16-11(18)17-8-9-4-2-3-5-10(9)12(13,14)15;/h9-10H,2-8H2,1H3,(H,16,17);1H. The van der Waals surface area contributed by atoms with E-state index >= 15 is 0 Å². The lowest BCUT2D eigenvalue weighted by Crippen LogP contribution is -2.43. The van der Waals surface area contributed by atoms with Gasteiger partial charge in [0.05, 0.1) is 12.5 Å². The number of hydrogen-bond donors (Lipinski definition) is 1. The third-order valence-corrected chi connectivity index (χ3v) is 3.91. The molecule has 2 atom stereocenters. The lowest BCUT2D eigenvalue weighted by Gasteiger charge is -2.33. The Morgan fingerprint density at radius 3 is 2.58 bits per heavy atom. The van der Waals surface area contributed by atoms with Crippen molar-refractivity contribution >= 4 is 29.9 Å². The number of guanidine groups is 1. The van der Waals surface area contributed by atoms with Gasteiger partial charge in [-0.05, 0) is 18.8 Å². The van der Waals surface area contributed by atoms with Crippen molar-refractivity contribution in [2.24, 2.45) is 16.8 Å². The largest absolute Gasteiger partial charge is 0.392 e. The molecule has 1 aliphatic heterocycles. The van der Waals surface area contributed by atoms with Gasteiger partial charge in [-0.25, -0.2) is 0 Å². The second-order valence-electron chi connectivity index (χ2n) is 5.20. The van der Waals surface area contributed by atoms with Crippen LogP contribution >= 0.6 is 24.0 Å². The predicted octanol–water partition coefficient (Wildman–Crippen LogP) is 2.86. The Hall–Kier alpha value is -0.210. The summed E-state index contributed by atoms with van der Waals surface area (Å²) < 4.78 is 38.7. The first-order chi connectivity index (χ1) is 8.48. The van der Waals surface area contributed by atoms with E-state index in [4.69, 9.17) is 0 Å². The number of hydrogen-bond acceptors (Lipinski definition) is 3. The lowest BCUT2D eigenvalue weighted by molar-refractivity contribution is -0.195. The van der Waals surface area contributed by atoms with Crippen molar-refractivity contribution in [3.8, 4) is 0 Å². The molecule has 3 nitrogen and oxygen atoms in total. The van der Waals surface area contributed by atoms with E-state index in [1.807, 2.05) is 11.9 Å². The van der Waals surface area contributed by atoms with Crippen molar-refractivity contribution in [1.82, 2.24) is 10.2 Å². The van der Waals surface area contributed by atoms with Crippen LogP contribution in [0, 0.1) is 11.8 Å². The second-order valence-corrected chi connectivity index (χ2v) is 5.20. The fourth-order valence-electron chi connectivity index (χ4n) is 2.83. The first-order valence-electron chi connectivity index (χ1n) is 6.54. The van der Waals surface area contributed by atoms with Gasteiger partial charge in [0.25, 0.3) is 0 Å². The summed E-state index contributed by atoms with van der Waals surface area (Å²) in [5.74, 6) is -0.719. The van der Waals surface area contributed by atoms with Crippen LogP contribution in [-0.4, -0.2) is 43.7 Å². The maximum atomic E-state index is 12.9. The van der Waals surface area contributed by atoms with Crippen LogP contribution < -0.4 is 5.32 Å². The molecule has 112 valence electrons. The minimum absolute atomic E-state index is 0. The number of nitrogens with one attached hydrogen (secondary N) is 1. The van der Waals surface area contributed by atoms with Gasteiger partial charge in [-0.1, -0.05) is 12.8 Å². The van der Waals surface area contributed by atoms with Gasteiger partial charge in [0, 0.05) is 20.1 Å². The Bertz CT molecular complexity index is 320. The first-order valence-corrected chi connectivity index (χ1v) is 6.54. The summed E-state index contributed by atoms with van der Waals surface area (Å²) in [5.41, 5.74) is 0. The molecule has 0 spiro atoms. The number of halogens is 4. The van der Waals surface area contributed by atoms with Crippen molar-refractivity contribution in [2.45, 2.75) is 31.9 Å². The molecule has 2 rings (SSSR count). The molecule has 0 aromatic carbocycles. The van der Waals surface area contributed by atoms with Crippen LogP contribution in [0.15, 0.2) is 4.99 Å². The van der Waals surface area contributed by atoms with Crippen molar-refractivity contribution in [1.29, 1.82) is 0 Å². The maximum Gasteiger partial charge on any atom is 0.392 e. The minimum Gasteiger partial charge on any atom is -0.356 e. The molecule has 0 aromatic rings. The van der Waals surface area contributed by atoms with Gasteiger partial charge in [0.1, 0.15) is 0 Å². The Morgan fingerprint density at radius 1 is 1.32 bits per heavy atom. The fraction of sp³-hybridized carbons (Fsp3) is 0.917. The van der Waals surface area contributed by atoms with Crippen LogP contribution in [0.2, 0.25) is 0 Å². The summed E-state index contributed by atoms with van der Waals surface area (Å²) in [4.78, 5) is 6.19. The molecular weight excluding hydrogens is 370 g/mol. The lowest BCUT2D eigenvalue weighted by atomic mass is 9.79. The molecule has 2 aliphatic rings. The van der Waals surface area contributed by atoms with Gasteiger partial charge >= 0.3 is 6.18 Å². The topological polar surface area (TPSA) is 27.6 Å². The van der Waals surface area contributed by atoms with Crippen LogP contribution in [0.25, 0.3) is 0 Å². The summed E-state index contributed by atoms with van der Waals surface area (Å²) in [6.07, 6.45) is -1.52. The molecule has 0 bridgehead atoms. The van der Waals surface area contributed by atoms with Crippen molar-refractivity contribution in [3.63, 3.8) is 0 Å². The smallest absolute Gasteiger partial charge is 0.356 e. The molecule has 1 saturated carbocycles. The average molecular weight is 391 g/mol. The van der Waals surface area contributed by atoms with Crippen molar-refractivity contribution in [3.05, 3.63) is 0 Å². The van der Waals surface area contributed by atoms with E-state index in [1.165, 1.54) is 0 Å². The van der Waals surface area contributed by atoms with Gasteiger partial charge in [-0.2, -0.15) is 13.2 Å². The van der Waals surface area contributed by atoms with Gasteiger partial charge in [0.2, 0.25) is 0 Å². The molecule has 0 aromatic heterocycles. The van der Waals surface area contributed by atoms with Crippen LogP contribution in [0.5, 0.6) is 0 Å². The van der Waals surface area contributed by atoms with E-state index in [2.05, 4.69) is 10.3 Å². The molecule has 0 radical (unpaired) electrons. The van der Waals surface area contributed by atoms with Crippen LogP contribution in [0.1, 0.15) is 25.7 Å². The number of aliphatic imine (C=N–C) groups is 1. The van der Waals surface area contributed by atoms with Crippen LogP contribution in [-0.2, 0) is 0 Å². The fourth-order valence-corrected chi connectivity index (χ4v) is 2.83. The molecule has 0 amide bonds. The quantitative estimate of drug-likeness (QED) is 0.734. The zero-order chi connectivity index (χ0) is 13.2. The van der Waals surface area contributed by atoms with Gasteiger partial charge in [-0.15, -0.1) is 24.0 Å². The summed E-state index contributed by atoms with van der Waals surface area (Å²) in [7, 11) is 1.90.